The van der Waals surface area contributed by atoms with Gasteiger partial charge in [-0.25, -0.2) is 0 Å². The van der Waals surface area contributed by atoms with Gasteiger partial charge in [-0.2, -0.15) is 17.0 Å². The SMILES string of the molecule is CCCN(CC(=O)NC)S(=O)(=O)N1CCC(C(=O)O)CC1. The number of piperidine rings is 1. The number of hydrogen-bond donors (Lipinski definition) is 2. The first kappa shape index (κ1) is 17.9. The topological polar surface area (TPSA) is 107 Å². The van der Waals surface area contributed by atoms with E-state index in [4.69, 9.17) is 5.11 Å². The fraction of sp³-hybridized carbons (Fsp3) is 0.833. The van der Waals surface area contributed by atoms with Gasteiger partial charge >= 0.3 is 5.97 Å². The highest BCUT2D eigenvalue weighted by Crippen LogP contribution is 2.21. The molecule has 1 aliphatic heterocycles. The van der Waals surface area contributed by atoms with Gasteiger partial charge in [0.2, 0.25) is 5.91 Å². The molecular weight excluding hydrogens is 298 g/mol. The Bertz CT molecular complexity index is 471. The van der Waals surface area contributed by atoms with Crippen molar-refractivity contribution in [3.8, 4) is 0 Å². The number of carboxylic acid groups (broad SMARTS) is 1. The lowest BCUT2D eigenvalue weighted by atomic mass is 9.99. The van der Waals surface area contributed by atoms with Crippen LogP contribution in [0, 0.1) is 5.92 Å². The molecular formula is C12H23N3O5S. The van der Waals surface area contributed by atoms with E-state index >= 15 is 0 Å². The normalized spacial score (nSPS) is 17.9. The molecule has 21 heavy (non-hydrogen) atoms. The number of hydrogen-bond acceptors (Lipinski definition) is 4. The molecule has 1 aliphatic rings. The summed E-state index contributed by atoms with van der Waals surface area (Å²) in [5.74, 6) is -1.75. The quantitative estimate of drug-likeness (QED) is 0.656. The lowest BCUT2D eigenvalue weighted by Crippen LogP contribution is -2.50. The van der Waals surface area contributed by atoms with Gasteiger partial charge in [-0.1, -0.05) is 6.92 Å². The molecule has 1 heterocycles. The number of likely N-dealkylation sites (N-methyl/N-ethyl adjacent to an activating group) is 1. The van der Waals surface area contributed by atoms with Crippen molar-refractivity contribution in [1.82, 2.24) is 13.9 Å². The molecule has 0 saturated carbocycles. The highest BCUT2D eigenvalue weighted by molar-refractivity contribution is 7.86. The number of carboxylic acids is 1. The fourth-order valence-electron chi connectivity index (χ4n) is 2.26. The van der Waals surface area contributed by atoms with Crippen LogP contribution in [-0.4, -0.2) is 67.2 Å². The molecule has 0 unspecified atom stereocenters. The van der Waals surface area contributed by atoms with Crippen molar-refractivity contribution in [2.45, 2.75) is 26.2 Å². The van der Waals surface area contributed by atoms with E-state index in [2.05, 4.69) is 5.32 Å². The Balaban J connectivity index is 2.77. The average Bonchev–Trinajstić information content (AvgIpc) is 2.46. The highest BCUT2D eigenvalue weighted by Gasteiger charge is 2.35. The summed E-state index contributed by atoms with van der Waals surface area (Å²) in [4.78, 5) is 22.4. The molecule has 9 heteroatoms. The van der Waals surface area contributed by atoms with Gasteiger partial charge in [0, 0.05) is 26.7 Å². The molecule has 0 radical (unpaired) electrons. The van der Waals surface area contributed by atoms with Crippen molar-refractivity contribution in [1.29, 1.82) is 0 Å². The molecule has 1 amide bonds. The monoisotopic (exact) mass is 321 g/mol. The third kappa shape index (κ3) is 4.65. The molecule has 0 spiro atoms. The Hall–Kier alpha value is -1.19. The first-order valence-corrected chi connectivity index (χ1v) is 8.41. The van der Waals surface area contributed by atoms with Crippen molar-refractivity contribution < 1.29 is 23.1 Å². The predicted octanol–water partition coefficient (Wildman–Crippen LogP) is -0.514. The third-order valence-electron chi connectivity index (χ3n) is 3.53. The van der Waals surface area contributed by atoms with Crippen molar-refractivity contribution in [3.63, 3.8) is 0 Å². The van der Waals surface area contributed by atoms with Gasteiger partial charge in [0.05, 0.1) is 12.5 Å². The summed E-state index contributed by atoms with van der Waals surface area (Å²) in [5, 5.41) is 11.3. The van der Waals surface area contributed by atoms with Gasteiger partial charge in [0.25, 0.3) is 10.2 Å². The van der Waals surface area contributed by atoms with Crippen LogP contribution in [0.15, 0.2) is 0 Å². The molecule has 0 aliphatic carbocycles. The van der Waals surface area contributed by atoms with E-state index in [-0.39, 0.29) is 32.1 Å². The number of carbonyl (C=O) groups is 2. The van der Waals surface area contributed by atoms with Gasteiger partial charge in [-0.05, 0) is 19.3 Å². The first-order chi connectivity index (χ1) is 9.82. The summed E-state index contributed by atoms with van der Waals surface area (Å²) >= 11 is 0. The van der Waals surface area contributed by atoms with E-state index < -0.39 is 22.1 Å². The van der Waals surface area contributed by atoms with Gasteiger partial charge in [0.1, 0.15) is 0 Å². The molecule has 8 nitrogen and oxygen atoms in total. The molecule has 1 saturated heterocycles. The number of carbonyl (C=O) groups excluding carboxylic acids is 1. The van der Waals surface area contributed by atoms with E-state index in [1.165, 1.54) is 11.4 Å². The minimum Gasteiger partial charge on any atom is -0.481 e. The first-order valence-electron chi connectivity index (χ1n) is 7.01. The standard InChI is InChI=1S/C12H23N3O5S/c1-3-6-15(9-11(16)13-2)21(19,20)14-7-4-10(5-8-14)12(17)18/h10H,3-9H2,1-2H3,(H,13,16)(H,17,18). The molecule has 1 fully saturated rings. The minimum absolute atomic E-state index is 0.174. The van der Waals surface area contributed by atoms with Crippen LogP contribution in [0.3, 0.4) is 0 Å². The Morgan fingerprint density at radius 2 is 1.90 bits per heavy atom. The van der Waals surface area contributed by atoms with E-state index in [0.29, 0.717) is 19.3 Å². The Morgan fingerprint density at radius 3 is 2.33 bits per heavy atom. The fourth-order valence-corrected chi connectivity index (χ4v) is 3.95. The van der Waals surface area contributed by atoms with Gasteiger partial charge in [0.15, 0.2) is 0 Å². The largest absolute Gasteiger partial charge is 0.481 e. The summed E-state index contributed by atoms with van der Waals surface area (Å²) in [6.45, 7) is 2.23. The summed E-state index contributed by atoms with van der Waals surface area (Å²) in [5.41, 5.74) is 0. The summed E-state index contributed by atoms with van der Waals surface area (Å²) < 4.78 is 27.5. The molecule has 0 bridgehead atoms. The highest BCUT2D eigenvalue weighted by atomic mass is 32.2. The summed E-state index contributed by atoms with van der Waals surface area (Å²) in [7, 11) is -2.27. The molecule has 0 aromatic carbocycles. The van der Waals surface area contributed by atoms with Crippen LogP contribution in [0.5, 0.6) is 0 Å². The van der Waals surface area contributed by atoms with Crippen molar-refractivity contribution in [3.05, 3.63) is 0 Å². The van der Waals surface area contributed by atoms with E-state index in [0.717, 1.165) is 4.31 Å². The minimum atomic E-state index is -3.73. The zero-order chi connectivity index (χ0) is 16.0. The van der Waals surface area contributed by atoms with Crippen LogP contribution in [0.2, 0.25) is 0 Å². The zero-order valence-corrected chi connectivity index (χ0v) is 13.2. The van der Waals surface area contributed by atoms with Crippen molar-refractivity contribution in [2.24, 2.45) is 5.92 Å². The molecule has 1 rings (SSSR count). The lowest BCUT2D eigenvalue weighted by molar-refractivity contribution is -0.142. The second-order valence-corrected chi connectivity index (χ2v) is 6.95. The molecule has 0 aromatic rings. The third-order valence-corrected chi connectivity index (χ3v) is 5.51. The Kier molecular flexibility index (Phi) is 6.56. The number of nitrogens with zero attached hydrogens (tertiary/aromatic N) is 2. The van der Waals surface area contributed by atoms with E-state index in [9.17, 15) is 18.0 Å². The smallest absolute Gasteiger partial charge is 0.306 e. The van der Waals surface area contributed by atoms with Crippen molar-refractivity contribution >= 4 is 22.1 Å². The number of rotatable bonds is 7. The average molecular weight is 321 g/mol. The van der Waals surface area contributed by atoms with Crippen LogP contribution in [0.1, 0.15) is 26.2 Å². The molecule has 0 aromatic heterocycles. The predicted molar refractivity (Wildman–Crippen MR) is 76.8 cm³/mol. The van der Waals surface area contributed by atoms with Crippen LogP contribution in [-0.2, 0) is 19.8 Å². The lowest BCUT2D eigenvalue weighted by Gasteiger charge is -2.33. The maximum Gasteiger partial charge on any atom is 0.306 e. The second kappa shape index (κ2) is 7.71. The van der Waals surface area contributed by atoms with Crippen molar-refractivity contribution in [2.75, 3.05) is 33.2 Å². The van der Waals surface area contributed by atoms with Gasteiger partial charge in [-0.3, -0.25) is 9.59 Å². The number of aliphatic carboxylic acids is 1. The van der Waals surface area contributed by atoms with Crippen LogP contribution < -0.4 is 5.32 Å². The number of nitrogens with one attached hydrogen (secondary N) is 1. The van der Waals surface area contributed by atoms with Crippen LogP contribution in [0.4, 0.5) is 0 Å². The Morgan fingerprint density at radius 1 is 1.33 bits per heavy atom. The molecule has 122 valence electrons. The Labute approximate surface area is 125 Å². The maximum atomic E-state index is 12.5. The summed E-state index contributed by atoms with van der Waals surface area (Å²) in [6, 6.07) is 0. The van der Waals surface area contributed by atoms with Gasteiger partial charge in [-0.15, -0.1) is 0 Å². The number of amides is 1. The van der Waals surface area contributed by atoms with E-state index in [1.807, 2.05) is 6.92 Å². The van der Waals surface area contributed by atoms with Crippen LogP contribution >= 0.6 is 0 Å². The molecule has 2 N–H and O–H groups in total. The van der Waals surface area contributed by atoms with E-state index in [1.54, 1.807) is 0 Å². The zero-order valence-electron chi connectivity index (χ0n) is 12.4. The van der Waals surface area contributed by atoms with Gasteiger partial charge < -0.3 is 10.4 Å². The molecule has 0 atom stereocenters. The second-order valence-electron chi connectivity index (χ2n) is 5.03. The summed E-state index contributed by atoms with van der Waals surface area (Å²) in [6.07, 6.45) is 1.20. The van der Waals surface area contributed by atoms with Crippen LogP contribution in [0.25, 0.3) is 0 Å². The maximum absolute atomic E-state index is 12.5.